The van der Waals surface area contributed by atoms with E-state index < -0.39 is 5.97 Å². The quantitative estimate of drug-likeness (QED) is 0.710. The van der Waals surface area contributed by atoms with Crippen LogP contribution in [0.4, 0.5) is 5.69 Å². The molecule has 28 heavy (non-hydrogen) atoms. The number of methoxy groups -OCH3 is 1. The smallest absolute Gasteiger partial charge is 0.303 e. The Morgan fingerprint density at radius 3 is 2.61 bits per heavy atom. The third-order valence-electron chi connectivity index (χ3n) is 4.83. The monoisotopic (exact) mass is 383 g/mol. The molecule has 0 unspecified atom stereocenters. The zero-order valence-corrected chi connectivity index (χ0v) is 15.9. The van der Waals surface area contributed by atoms with Gasteiger partial charge in [-0.25, -0.2) is 0 Å². The first-order chi connectivity index (χ1) is 13.5. The SMILES string of the molecule is COc1cc(C(=O)Nc2cccc(CCC(=O)O)c2)ccc1OC1CCCC1. The van der Waals surface area contributed by atoms with E-state index in [0.717, 1.165) is 18.4 Å². The predicted molar refractivity (Wildman–Crippen MR) is 106 cm³/mol. The molecule has 3 rings (SSSR count). The lowest BCUT2D eigenvalue weighted by atomic mass is 10.1. The summed E-state index contributed by atoms with van der Waals surface area (Å²) in [5.41, 5.74) is 1.95. The molecule has 1 saturated carbocycles. The fourth-order valence-electron chi connectivity index (χ4n) is 3.35. The molecule has 0 saturated heterocycles. The highest BCUT2D eigenvalue weighted by molar-refractivity contribution is 6.04. The number of hydrogen-bond acceptors (Lipinski definition) is 4. The first kappa shape index (κ1) is 19.7. The summed E-state index contributed by atoms with van der Waals surface area (Å²) in [6.45, 7) is 0. The van der Waals surface area contributed by atoms with Gasteiger partial charge in [-0.2, -0.15) is 0 Å². The molecule has 0 atom stereocenters. The molecule has 2 aromatic carbocycles. The normalized spacial score (nSPS) is 13.9. The minimum absolute atomic E-state index is 0.0526. The third kappa shape index (κ3) is 5.25. The summed E-state index contributed by atoms with van der Waals surface area (Å²) < 4.78 is 11.4. The number of hydrogen-bond donors (Lipinski definition) is 2. The van der Waals surface area contributed by atoms with Gasteiger partial charge in [0.25, 0.3) is 5.91 Å². The molecule has 148 valence electrons. The molecule has 1 aliphatic rings. The van der Waals surface area contributed by atoms with Crippen LogP contribution in [0.1, 0.15) is 48.0 Å². The van der Waals surface area contributed by atoms with E-state index in [1.165, 1.54) is 12.8 Å². The van der Waals surface area contributed by atoms with E-state index in [-0.39, 0.29) is 18.4 Å². The number of anilines is 1. The van der Waals surface area contributed by atoms with Gasteiger partial charge < -0.3 is 19.9 Å². The van der Waals surface area contributed by atoms with Gasteiger partial charge >= 0.3 is 5.97 Å². The van der Waals surface area contributed by atoms with Crippen LogP contribution < -0.4 is 14.8 Å². The van der Waals surface area contributed by atoms with Crippen LogP contribution in [0.2, 0.25) is 0 Å². The highest BCUT2D eigenvalue weighted by Crippen LogP contribution is 2.32. The molecule has 0 heterocycles. The van der Waals surface area contributed by atoms with Crippen LogP contribution in [0.5, 0.6) is 11.5 Å². The zero-order chi connectivity index (χ0) is 19.9. The number of carbonyl (C=O) groups is 2. The molecule has 0 aliphatic heterocycles. The molecular formula is C22H25NO5. The number of carboxylic acid groups (broad SMARTS) is 1. The van der Waals surface area contributed by atoms with Crippen molar-refractivity contribution in [3.05, 3.63) is 53.6 Å². The Bertz CT molecular complexity index is 843. The molecule has 1 aliphatic carbocycles. The molecular weight excluding hydrogens is 358 g/mol. The summed E-state index contributed by atoms with van der Waals surface area (Å²) in [6.07, 6.45) is 5.13. The third-order valence-corrected chi connectivity index (χ3v) is 4.83. The van der Waals surface area contributed by atoms with Crippen molar-refractivity contribution in [1.82, 2.24) is 0 Å². The van der Waals surface area contributed by atoms with E-state index in [0.29, 0.717) is 29.2 Å². The van der Waals surface area contributed by atoms with Crippen LogP contribution in [0.25, 0.3) is 0 Å². The number of aryl methyl sites for hydroxylation is 1. The number of nitrogens with one attached hydrogen (secondary N) is 1. The Morgan fingerprint density at radius 2 is 1.89 bits per heavy atom. The van der Waals surface area contributed by atoms with Crippen LogP contribution in [0.15, 0.2) is 42.5 Å². The van der Waals surface area contributed by atoms with Gasteiger partial charge in [0, 0.05) is 17.7 Å². The van der Waals surface area contributed by atoms with Crippen molar-refractivity contribution in [3.8, 4) is 11.5 Å². The van der Waals surface area contributed by atoms with Gasteiger partial charge in [0.15, 0.2) is 11.5 Å². The fourth-order valence-corrected chi connectivity index (χ4v) is 3.35. The number of benzene rings is 2. The van der Waals surface area contributed by atoms with Gasteiger partial charge in [0.1, 0.15) is 0 Å². The molecule has 2 aromatic rings. The largest absolute Gasteiger partial charge is 0.493 e. The Hall–Kier alpha value is -3.02. The standard InChI is InChI=1S/C22H25NO5/c1-27-20-14-16(10-11-19(20)28-18-7-2-3-8-18)22(26)23-17-6-4-5-15(13-17)9-12-21(24)25/h4-6,10-11,13-14,18H,2-3,7-9,12H2,1H3,(H,23,26)(H,24,25). The van der Waals surface area contributed by atoms with Crippen LogP contribution in [0.3, 0.4) is 0 Å². The molecule has 6 heteroatoms. The summed E-state index contributed by atoms with van der Waals surface area (Å²) in [4.78, 5) is 23.3. The van der Waals surface area contributed by atoms with Gasteiger partial charge in [-0.1, -0.05) is 12.1 Å². The molecule has 2 N–H and O–H groups in total. The number of ether oxygens (including phenoxy) is 2. The van der Waals surface area contributed by atoms with Crippen molar-refractivity contribution in [2.75, 3.05) is 12.4 Å². The molecule has 6 nitrogen and oxygen atoms in total. The molecule has 0 radical (unpaired) electrons. The first-order valence-electron chi connectivity index (χ1n) is 9.52. The molecule has 1 fully saturated rings. The predicted octanol–water partition coefficient (Wildman–Crippen LogP) is 4.29. The summed E-state index contributed by atoms with van der Waals surface area (Å²) in [5, 5.41) is 11.7. The van der Waals surface area contributed by atoms with E-state index in [2.05, 4.69) is 5.32 Å². The van der Waals surface area contributed by atoms with Gasteiger partial charge in [0.05, 0.1) is 13.2 Å². The van der Waals surface area contributed by atoms with Crippen LogP contribution in [0, 0.1) is 0 Å². The van der Waals surface area contributed by atoms with E-state index >= 15 is 0 Å². The van der Waals surface area contributed by atoms with E-state index in [1.807, 2.05) is 6.07 Å². The van der Waals surface area contributed by atoms with E-state index in [9.17, 15) is 9.59 Å². The highest BCUT2D eigenvalue weighted by Gasteiger charge is 2.19. The summed E-state index contributed by atoms with van der Waals surface area (Å²) in [6, 6.07) is 12.4. The molecule has 1 amide bonds. The van der Waals surface area contributed by atoms with E-state index in [1.54, 1.807) is 43.5 Å². The Labute approximate surface area is 164 Å². The minimum Gasteiger partial charge on any atom is -0.493 e. The maximum Gasteiger partial charge on any atom is 0.303 e. The molecule has 0 bridgehead atoms. The van der Waals surface area contributed by atoms with Gasteiger partial charge in [-0.05, 0) is 68.0 Å². The molecule has 0 aromatic heterocycles. The maximum absolute atomic E-state index is 12.6. The van der Waals surface area contributed by atoms with Crippen molar-refractivity contribution >= 4 is 17.6 Å². The van der Waals surface area contributed by atoms with Crippen molar-refractivity contribution in [2.24, 2.45) is 0 Å². The highest BCUT2D eigenvalue weighted by atomic mass is 16.5. The van der Waals surface area contributed by atoms with Crippen molar-refractivity contribution in [3.63, 3.8) is 0 Å². The first-order valence-corrected chi connectivity index (χ1v) is 9.52. The second kappa shape index (κ2) is 9.26. The fraction of sp³-hybridized carbons (Fsp3) is 0.364. The summed E-state index contributed by atoms with van der Waals surface area (Å²) >= 11 is 0. The molecule has 0 spiro atoms. The lowest BCUT2D eigenvalue weighted by molar-refractivity contribution is -0.136. The minimum atomic E-state index is -0.846. The summed E-state index contributed by atoms with van der Waals surface area (Å²) in [7, 11) is 1.56. The van der Waals surface area contributed by atoms with Crippen LogP contribution in [-0.2, 0) is 11.2 Å². The maximum atomic E-state index is 12.6. The second-order valence-corrected chi connectivity index (χ2v) is 6.94. The number of amides is 1. The van der Waals surface area contributed by atoms with Gasteiger partial charge in [-0.15, -0.1) is 0 Å². The van der Waals surface area contributed by atoms with E-state index in [4.69, 9.17) is 14.6 Å². The number of carboxylic acids is 1. The van der Waals surface area contributed by atoms with Gasteiger partial charge in [-0.3, -0.25) is 9.59 Å². The number of rotatable bonds is 8. The Morgan fingerprint density at radius 1 is 1.11 bits per heavy atom. The van der Waals surface area contributed by atoms with Crippen LogP contribution in [-0.4, -0.2) is 30.2 Å². The average molecular weight is 383 g/mol. The number of carbonyl (C=O) groups excluding carboxylic acids is 1. The van der Waals surface area contributed by atoms with Gasteiger partial charge in [0.2, 0.25) is 0 Å². The zero-order valence-electron chi connectivity index (χ0n) is 15.9. The average Bonchev–Trinajstić information content (AvgIpc) is 3.20. The van der Waals surface area contributed by atoms with Crippen molar-refractivity contribution < 1.29 is 24.2 Å². The lowest BCUT2D eigenvalue weighted by Gasteiger charge is -2.16. The number of aliphatic carboxylic acids is 1. The van der Waals surface area contributed by atoms with Crippen molar-refractivity contribution in [2.45, 2.75) is 44.6 Å². The summed E-state index contributed by atoms with van der Waals surface area (Å²) in [5.74, 6) is 0.0823. The topological polar surface area (TPSA) is 84.9 Å². The Kier molecular flexibility index (Phi) is 6.53. The van der Waals surface area contributed by atoms with Crippen molar-refractivity contribution in [1.29, 1.82) is 0 Å². The van der Waals surface area contributed by atoms with Crippen LogP contribution >= 0.6 is 0 Å². The second-order valence-electron chi connectivity index (χ2n) is 6.94. The lowest BCUT2D eigenvalue weighted by Crippen LogP contribution is -2.14. The Balaban J connectivity index is 1.68.